The van der Waals surface area contributed by atoms with Crippen LogP contribution >= 0.6 is 11.3 Å². The molecule has 0 atom stereocenters. The van der Waals surface area contributed by atoms with Crippen LogP contribution in [-0.2, 0) is 7.05 Å². The Bertz CT molecular complexity index is 808. The summed E-state index contributed by atoms with van der Waals surface area (Å²) >= 11 is 0.813. The highest BCUT2D eigenvalue weighted by molar-refractivity contribution is 7.11. The van der Waals surface area contributed by atoms with Crippen molar-refractivity contribution in [1.82, 2.24) is 4.57 Å². The molecule has 8 nitrogen and oxygen atoms in total. The molecule has 1 aromatic carbocycles. The molecular formula is C13H13N3O5S. The molecule has 1 N–H and O–H groups in total. The predicted molar refractivity (Wildman–Crippen MR) is 81.9 cm³/mol. The van der Waals surface area contributed by atoms with E-state index in [9.17, 15) is 19.7 Å². The van der Waals surface area contributed by atoms with Crippen molar-refractivity contribution in [3.8, 4) is 5.75 Å². The monoisotopic (exact) mass is 323 g/mol. The highest BCUT2D eigenvalue weighted by Gasteiger charge is 2.19. The topological polar surface area (TPSA) is 103 Å². The van der Waals surface area contributed by atoms with E-state index in [0.29, 0.717) is 11.4 Å². The van der Waals surface area contributed by atoms with Gasteiger partial charge in [-0.15, -0.1) is 0 Å². The number of nitrogens with zero attached hydrogens (tertiary/aromatic N) is 2. The maximum atomic E-state index is 12.3. The lowest BCUT2D eigenvalue weighted by molar-refractivity contribution is -0.384. The van der Waals surface area contributed by atoms with Crippen LogP contribution in [-0.4, -0.2) is 22.5 Å². The molecule has 0 aliphatic heterocycles. The molecule has 1 amide bonds. The zero-order chi connectivity index (χ0) is 16.4. The number of carbonyl (C=O) groups is 1. The van der Waals surface area contributed by atoms with E-state index in [0.717, 1.165) is 11.3 Å². The number of rotatable bonds is 4. The van der Waals surface area contributed by atoms with E-state index >= 15 is 0 Å². The summed E-state index contributed by atoms with van der Waals surface area (Å²) in [6.45, 7) is 1.65. The second-order valence-electron chi connectivity index (χ2n) is 4.44. The minimum Gasteiger partial charge on any atom is -0.495 e. The first-order valence-electron chi connectivity index (χ1n) is 6.15. The Morgan fingerprint density at radius 2 is 2.14 bits per heavy atom. The number of aromatic nitrogens is 1. The molecule has 0 aliphatic carbocycles. The van der Waals surface area contributed by atoms with Crippen molar-refractivity contribution < 1.29 is 14.5 Å². The van der Waals surface area contributed by atoms with Crippen LogP contribution in [0.15, 0.2) is 23.0 Å². The maximum Gasteiger partial charge on any atom is 0.307 e. The van der Waals surface area contributed by atoms with Crippen molar-refractivity contribution in [1.29, 1.82) is 0 Å². The summed E-state index contributed by atoms with van der Waals surface area (Å²) in [4.78, 5) is 34.1. The molecule has 0 saturated heterocycles. The summed E-state index contributed by atoms with van der Waals surface area (Å²) in [6.07, 6.45) is 0. The average Bonchev–Trinajstić information content (AvgIpc) is 2.74. The van der Waals surface area contributed by atoms with E-state index in [2.05, 4.69) is 5.32 Å². The average molecular weight is 323 g/mol. The van der Waals surface area contributed by atoms with Crippen molar-refractivity contribution in [2.45, 2.75) is 6.92 Å². The largest absolute Gasteiger partial charge is 0.495 e. The third kappa shape index (κ3) is 2.84. The number of hydrogen-bond acceptors (Lipinski definition) is 6. The molecule has 22 heavy (non-hydrogen) atoms. The number of non-ortho nitro benzene ring substituents is 1. The number of amides is 1. The Labute approximate surface area is 129 Å². The van der Waals surface area contributed by atoms with Crippen LogP contribution in [0.3, 0.4) is 0 Å². The number of nitro groups is 1. The summed E-state index contributed by atoms with van der Waals surface area (Å²) in [5.74, 6) is -0.223. The van der Waals surface area contributed by atoms with Crippen LogP contribution in [0.4, 0.5) is 11.4 Å². The molecule has 0 spiro atoms. The number of anilines is 1. The Morgan fingerprint density at radius 3 is 2.64 bits per heavy atom. The van der Waals surface area contributed by atoms with Gasteiger partial charge in [0.15, 0.2) is 0 Å². The molecule has 0 fully saturated rings. The molecule has 0 aliphatic rings. The van der Waals surface area contributed by atoms with E-state index in [4.69, 9.17) is 4.74 Å². The third-order valence-electron chi connectivity index (χ3n) is 3.14. The Balaban J connectivity index is 2.38. The van der Waals surface area contributed by atoms with Crippen molar-refractivity contribution in [3.63, 3.8) is 0 Å². The molecule has 116 valence electrons. The molecule has 1 heterocycles. The van der Waals surface area contributed by atoms with Crippen molar-refractivity contribution >= 4 is 28.6 Å². The van der Waals surface area contributed by atoms with Gasteiger partial charge in [-0.25, -0.2) is 0 Å². The summed E-state index contributed by atoms with van der Waals surface area (Å²) in [6, 6.07) is 3.88. The molecular weight excluding hydrogens is 310 g/mol. The van der Waals surface area contributed by atoms with Crippen LogP contribution in [0.25, 0.3) is 0 Å². The SMILES string of the molecule is COc1ccc([N+](=O)[O-])cc1NC(=O)c1sc(=O)n(C)c1C. The van der Waals surface area contributed by atoms with Gasteiger partial charge >= 0.3 is 4.87 Å². The molecule has 0 radical (unpaired) electrons. The van der Waals surface area contributed by atoms with Crippen LogP contribution in [0.2, 0.25) is 0 Å². The lowest BCUT2D eigenvalue weighted by Crippen LogP contribution is -2.13. The second-order valence-corrected chi connectivity index (χ2v) is 5.40. The number of thiazole rings is 1. The van der Waals surface area contributed by atoms with Crippen LogP contribution < -0.4 is 14.9 Å². The number of ether oxygens (including phenoxy) is 1. The van der Waals surface area contributed by atoms with Crippen LogP contribution in [0, 0.1) is 17.0 Å². The number of nitro benzene ring substituents is 1. The smallest absolute Gasteiger partial charge is 0.307 e. The van der Waals surface area contributed by atoms with Gasteiger partial charge in [0.25, 0.3) is 11.6 Å². The van der Waals surface area contributed by atoms with Crippen molar-refractivity contribution in [2.75, 3.05) is 12.4 Å². The Hall–Kier alpha value is -2.68. The minimum absolute atomic E-state index is 0.171. The van der Waals surface area contributed by atoms with Crippen LogP contribution in [0.1, 0.15) is 15.4 Å². The van der Waals surface area contributed by atoms with Gasteiger partial charge in [0.2, 0.25) is 0 Å². The Kier molecular flexibility index (Phi) is 4.27. The van der Waals surface area contributed by atoms with E-state index in [-0.39, 0.29) is 21.1 Å². The second kappa shape index (κ2) is 5.98. The first-order valence-corrected chi connectivity index (χ1v) is 6.97. The standard InChI is InChI=1S/C13H13N3O5S/c1-7-11(22-13(18)15(7)2)12(17)14-9-6-8(16(19)20)4-5-10(9)21-3/h4-6H,1-3H3,(H,14,17). The van der Waals surface area contributed by atoms with Crippen molar-refractivity contribution in [2.24, 2.45) is 7.05 Å². The first-order chi connectivity index (χ1) is 10.3. The highest BCUT2D eigenvalue weighted by atomic mass is 32.1. The number of nitrogens with one attached hydrogen (secondary N) is 1. The minimum atomic E-state index is -0.568. The molecule has 0 saturated carbocycles. The first kappa shape index (κ1) is 15.7. The number of methoxy groups -OCH3 is 1. The van der Waals surface area contributed by atoms with Gasteiger partial charge in [0.1, 0.15) is 10.6 Å². The highest BCUT2D eigenvalue weighted by Crippen LogP contribution is 2.29. The predicted octanol–water partition coefficient (Wildman–Crippen LogP) is 1.92. The molecule has 0 bridgehead atoms. The Morgan fingerprint density at radius 1 is 1.45 bits per heavy atom. The number of benzene rings is 1. The molecule has 0 unspecified atom stereocenters. The van der Waals surface area contributed by atoms with Gasteiger partial charge in [-0.3, -0.25) is 19.7 Å². The zero-order valence-corrected chi connectivity index (χ0v) is 12.9. The fourth-order valence-corrected chi connectivity index (χ4v) is 2.69. The summed E-state index contributed by atoms with van der Waals surface area (Å²) < 4.78 is 6.44. The molecule has 9 heteroatoms. The maximum absolute atomic E-state index is 12.3. The normalized spacial score (nSPS) is 10.3. The van der Waals surface area contributed by atoms with Gasteiger partial charge in [-0.1, -0.05) is 11.3 Å². The molecule has 1 aromatic heterocycles. The summed E-state index contributed by atoms with van der Waals surface area (Å²) in [5, 5.41) is 13.4. The van der Waals surface area contributed by atoms with Gasteiger partial charge < -0.3 is 14.6 Å². The lowest BCUT2D eigenvalue weighted by Gasteiger charge is -2.09. The van der Waals surface area contributed by atoms with E-state index in [1.165, 1.54) is 29.9 Å². The summed E-state index contributed by atoms with van der Waals surface area (Å²) in [5.41, 5.74) is 0.524. The third-order valence-corrected chi connectivity index (χ3v) is 4.28. The van der Waals surface area contributed by atoms with Crippen LogP contribution in [0.5, 0.6) is 5.75 Å². The fourth-order valence-electron chi connectivity index (χ4n) is 1.82. The quantitative estimate of drug-likeness (QED) is 0.684. The number of hydrogen-bond donors (Lipinski definition) is 1. The summed E-state index contributed by atoms with van der Waals surface area (Å²) in [7, 11) is 2.96. The van der Waals surface area contributed by atoms with E-state index in [1.807, 2.05) is 0 Å². The zero-order valence-electron chi connectivity index (χ0n) is 12.1. The number of carbonyl (C=O) groups excluding carboxylic acids is 1. The van der Waals surface area contributed by atoms with Crippen molar-refractivity contribution in [3.05, 3.63) is 48.6 Å². The van der Waals surface area contributed by atoms with Gasteiger partial charge in [0, 0.05) is 24.9 Å². The van der Waals surface area contributed by atoms with Gasteiger partial charge in [0.05, 0.1) is 17.7 Å². The molecule has 2 aromatic rings. The molecule has 2 rings (SSSR count). The van der Waals surface area contributed by atoms with E-state index in [1.54, 1.807) is 14.0 Å². The lowest BCUT2D eigenvalue weighted by atomic mass is 10.2. The van der Waals surface area contributed by atoms with Gasteiger partial charge in [-0.05, 0) is 13.0 Å². The van der Waals surface area contributed by atoms with Gasteiger partial charge in [-0.2, -0.15) is 0 Å². The van der Waals surface area contributed by atoms with E-state index < -0.39 is 10.8 Å². The fraction of sp³-hybridized carbons (Fsp3) is 0.231.